The summed E-state index contributed by atoms with van der Waals surface area (Å²) in [4.78, 5) is 12.6. The molecule has 2 aromatic rings. The Hall–Kier alpha value is -2.63. The van der Waals surface area contributed by atoms with E-state index in [2.05, 4.69) is 6.92 Å². The SMILES string of the molecule is CCCc1ccc(C(=O)OC2CCC3CC(COc4ccc(OCC)c(F)c4F)CCC3C2)cc1. The van der Waals surface area contributed by atoms with E-state index in [1.54, 1.807) is 6.92 Å². The molecule has 0 N–H and O–H groups in total. The highest BCUT2D eigenvalue weighted by Crippen LogP contribution is 2.44. The molecule has 4 atom stereocenters. The lowest BCUT2D eigenvalue weighted by Crippen LogP contribution is -2.36. The van der Waals surface area contributed by atoms with Crippen LogP contribution in [0.15, 0.2) is 36.4 Å². The zero-order valence-electron chi connectivity index (χ0n) is 20.7. The van der Waals surface area contributed by atoms with Crippen molar-refractivity contribution < 1.29 is 27.8 Å². The predicted octanol–water partition coefficient (Wildman–Crippen LogP) is 7.14. The summed E-state index contributed by atoms with van der Waals surface area (Å²) in [6.07, 6.45) is 7.86. The molecule has 2 saturated carbocycles. The lowest BCUT2D eigenvalue weighted by Gasteiger charge is -2.41. The van der Waals surface area contributed by atoms with E-state index in [1.165, 1.54) is 17.7 Å². The van der Waals surface area contributed by atoms with Crippen LogP contribution in [0.4, 0.5) is 8.78 Å². The van der Waals surface area contributed by atoms with E-state index in [0.717, 1.165) is 51.4 Å². The van der Waals surface area contributed by atoms with E-state index in [9.17, 15) is 13.6 Å². The van der Waals surface area contributed by atoms with Crippen LogP contribution in [0.2, 0.25) is 0 Å². The summed E-state index contributed by atoms with van der Waals surface area (Å²) >= 11 is 0. The Morgan fingerprint density at radius 2 is 1.51 bits per heavy atom. The number of carbonyl (C=O) groups is 1. The lowest BCUT2D eigenvalue weighted by molar-refractivity contribution is -0.00832. The molecule has 0 aromatic heterocycles. The van der Waals surface area contributed by atoms with E-state index in [0.29, 0.717) is 29.9 Å². The van der Waals surface area contributed by atoms with Gasteiger partial charge in [0.05, 0.1) is 18.8 Å². The number of carbonyl (C=O) groups excluding carboxylic acids is 1. The summed E-state index contributed by atoms with van der Waals surface area (Å²) in [5, 5.41) is 0. The summed E-state index contributed by atoms with van der Waals surface area (Å²) in [6.45, 7) is 4.51. The molecule has 0 heterocycles. The number of aryl methyl sites for hydroxylation is 1. The minimum Gasteiger partial charge on any atom is -0.491 e. The molecule has 0 amide bonds. The third-order valence-corrected chi connectivity index (χ3v) is 7.46. The molecule has 35 heavy (non-hydrogen) atoms. The summed E-state index contributed by atoms with van der Waals surface area (Å²) in [7, 11) is 0. The molecule has 0 saturated heterocycles. The Morgan fingerprint density at radius 1 is 0.857 bits per heavy atom. The maximum Gasteiger partial charge on any atom is 0.338 e. The fourth-order valence-electron chi connectivity index (χ4n) is 5.62. The molecule has 2 aromatic carbocycles. The van der Waals surface area contributed by atoms with Gasteiger partial charge >= 0.3 is 5.97 Å². The summed E-state index contributed by atoms with van der Waals surface area (Å²) in [6, 6.07) is 10.6. The van der Waals surface area contributed by atoms with Gasteiger partial charge in [-0.25, -0.2) is 4.79 Å². The number of benzene rings is 2. The highest BCUT2D eigenvalue weighted by molar-refractivity contribution is 5.89. The van der Waals surface area contributed by atoms with E-state index in [1.807, 2.05) is 24.3 Å². The highest BCUT2D eigenvalue weighted by atomic mass is 19.2. The molecule has 0 radical (unpaired) electrons. The average Bonchev–Trinajstić information content (AvgIpc) is 2.87. The Kier molecular flexibility index (Phi) is 8.64. The van der Waals surface area contributed by atoms with E-state index >= 15 is 0 Å². The van der Waals surface area contributed by atoms with Crippen LogP contribution in [-0.2, 0) is 11.2 Å². The van der Waals surface area contributed by atoms with Crippen LogP contribution in [0.3, 0.4) is 0 Å². The van der Waals surface area contributed by atoms with Gasteiger partial charge < -0.3 is 14.2 Å². The van der Waals surface area contributed by atoms with Crippen LogP contribution < -0.4 is 9.47 Å². The van der Waals surface area contributed by atoms with Gasteiger partial charge in [0.2, 0.25) is 11.6 Å². The van der Waals surface area contributed by atoms with Crippen molar-refractivity contribution in [1.82, 2.24) is 0 Å². The van der Waals surface area contributed by atoms with Crippen LogP contribution in [0.5, 0.6) is 11.5 Å². The monoisotopic (exact) mass is 486 g/mol. The Morgan fingerprint density at radius 3 is 2.20 bits per heavy atom. The number of hydrogen-bond donors (Lipinski definition) is 0. The number of halogens is 2. The van der Waals surface area contributed by atoms with Crippen LogP contribution in [0, 0.1) is 29.4 Å². The number of fused-ring (bicyclic) bond motifs is 1. The smallest absolute Gasteiger partial charge is 0.338 e. The van der Waals surface area contributed by atoms with E-state index in [-0.39, 0.29) is 30.2 Å². The van der Waals surface area contributed by atoms with Crippen LogP contribution in [-0.4, -0.2) is 25.3 Å². The van der Waals surface area contributed by atoms with E-state index < -0.39 is 11.6 Å². The first-order valence-electron chi connectivity index (χ1n) is 13.0. The molecule has 2 aliphatic carbocycles. The topological polar surface area (TPSA) is 44.8 Å². The molecule has 0 spiro atoms. The minimum atomic E-state index is -1.00. The minimum absolute atomic E-state index is 0.0345. The normalized spacial score (nSPS) is 23.9. The van der Waals surface area contributed by atoms with Crippen LogP contribution in [0.25, 0.3) is 0 Å². The second-order valence-electron chi connectivity index (χ2n) is 9.92. The second-order valence-corrected chi connectivity index (χ2v) is 9.92. The molecule has 190 valence electrons. The Labute approximate surface area is 207 Å². The molecular formula is C29H36F2O4. The van der Waals surface area contributed by atoms with Crippen molar-refractivity contribution in [3.8, 4) is 11.5 Å². The fourth-order valence-corrected chi connectivity index (χ4v) is 5.62. The maximum absolute atomic E-state index is 14.3. The number of rotatable bonds is 9. The molecule has 2 aliphatic rings. The largest absolute Gasteiger partial charge is 0.491 e. The fraction of sp³-hybridized carbons (Fsp3) is 0.552. The van der Waals surface area contributed by atoms with Crippen molar-refractivity contribution in [3.63, 3.8) is 0 Å². The molecule has 4 rings (SSSR count). The molecular weight excluding hydrogens is 450 g/mol. The van der Waals surface area contributed by atoms with Gasteiger partial charge in [0.25, 0.3) is 0 Å². The van der Waals surface area contributed by atoms with Gasteiger partial charge in [0, 0.05) is 0 Å². The standard InChI is InChI=1S/C29H36F2O4/c1-3-5-19-6-9-21(10-7-19)29(32)35-24-13-12-22-16-20(8-11-23(22)17-24)18-34-26-15-14-25(33-4-2)27(30)28(26)31/h6-7,9-10,14-15,20,22-24H,3-5,8,11-13,16-18H2,1-2H3. The second kappa shape index (κ2) is 11.9. The highest BCUT2D eigenvalue weighted by Gasteiger charge is 2.37. The first-order chi connectivity index (χ1) is 17.0. The van der Waals surface area contributed by atoms with E-state index in [4.69, 9.17) is 14.2 Å². The predicted molar refractivity (Wildman–Crippen MR) is 131 cm³/mol. The van der Waals surface area contributed by atoms with Gasteiger partial charge in [0.1, 0.15) is 6.10 Å². The number of hydrogen-bond acceptors (Lipinski definition) is 4. The third kappa shape index (κ3) is 6.33. The van der Waals surface area contributed by atoms with Crippen LogP contribution in [0.1, 0.15) is 74.7 Å². The van der Waals surface area contributed by atoms with Crippen molar-refractivity contribution >= 4 is 5.97 Å². The van der Waals surface area contributed by atoms with Crippen molar-refractivity contribution in [2.45, 2.75) is 71.3 Å². The maximum atomic E-state index is 14.3. The Balaban J connectivity index is 1.24. The van der Waals surface area contributed by atoms with Crippen molar-refractivity contribution in [2.24, 2.45) is 17.8 Å². The third-order valence-electron chi connectivity index (χ3n) is 7.46. The summed E-state index contributed by atoms with van der Waals surface area (Å²) in [5.41, 5.74) is 1.85. The van der Waals surface area contributed by atoms with Crippen molar-refractivity contribution in [1.29, 1.82) is 0 Å². The summed E-state index contributed by atoms with van der Waals surface area (Å²) in [5.74, 6) is -0.985. The number of ether oxygens (including phenoxy) is 3. The molecule has 6 heteroatoms. The average molecular weight is 487 g/mol. The molecule has 0 bridgehead atoms. The first kappa shape index (κ1) is 25.5. The van der Waals surface area contributed by atoms with Gasteiger partial charge in [-0.1, -0.05) is 25.5 Å². The van der Waals surface area contributed by atoms with Crippen molar-refractivity contribution in [3.05, 3.63) is 59.2 Å². The number of esters is 1. The van der Waals surface area contributed by atoms with Crippen molar-refractivity contribution in [2.75, 3.05) is 13.2 Å². The van der Waals surface area contributed by atoms with Gasteiger partial charge in [-0.2, -0.15) is 8.78 Å². The quantitative estimate of drug-likeness (QED) is 0.354. The molecule has 4 unspecified atom stereocenters. The lowest BCUT2D eigenvalue weighted by atomic mass is 9.67. The van der Waals surface area contributed by atoms with Gasteiger partial charge in [-0.3, -0.25) is 0 Å². The Bertz CT molecular complexity index is 991. The molecule has 0 aliphatic heterocycles. The zero-order chi connectivity index (χ0) is 24.8. The molecule has 2 fully saturated rings. The van der Waals surface area contributed by atoms with Gasteiger partial charge in [-0.15, -0.1) is 0 Å². The zero-order valence-corrected chi connectivity index (χ0v) is 20.7. The molecule has 4 nitrogen and oxygen atoms in total. The van der Waals surface area contributed by atoms with Gasteiger partial charge in [-0.05, 0) is 99.5 Å². The van der Waals surface area contributed by atoms with Gasteiger partial charge in [0.15, 0.2) is 11.5 Å². The van der Waals surface area contributed by atoms with Crippen LogP contribution >= 0.6 is 0 Å². The first-order valence-corrected chi connectivity index (χ1v) is 13.0. The summed E-state index contributed by atoms with van der Waals surface area (Å²) < 4.78 is 45.0.